The summed E-state index contributed by atoms with van der Waals surface area (Å²) in [7, 11) is 1.46. The number of hydrogen-bond acceptors (Lipinski definition) is 4. The number of benzene rings is 1. The number of esters is 1. The van der Waals surface area contributed by atoms with Gasteiger partial charge in [0.05, 0.1) is 12.7 Å². The first kappa shape index (κ1) is 15.2. The van der Waals surface area contributed by atoms with E-state index in [1.807, 2.05) is 0 Å². The zero-order valence-corrected chi connectivity index (χ0v) is 13.7. The van der Waals surface area contributed by atoms with Gasteiger partial charge in [0.25, 0.3) is 0 Å². The quantitative estimate of drug-likeness (QED) is 0.864. The van der Waals surface area contributed by atoms with Crippen LogP contribution in [0, 0.1) is 16.7 Å². The third kappa shape index (κ3) is 2.00. The maximum Gasteiger partial charge on any atom is 0.338 e. The Morgan fingerprint density at radius 3 is 2.59 bits per heavy atom. The number of carbonyl (C=O) groups is 1. The molecule has 0 aliphatic heterocycles. The van der Waals surface area contributed by atoms with Gasteiger partial charge in [-0.3, -0.25) is 0 Å². The van der Waals surface area contributed by atoms with E-state index in [0.29, 0.717) is 11.5 Å². The van der Waals surface area contributed by atoms with Crippen LogP contribution in [-0.2, 0) is 4.74 Å². The molecule has 22 heavy (non-hydrogen) atoms. The SMILES string of the molecule is COc1cc(C(=O)O[C@H]2CC3CCC2(C)C3(C)C)ccc1O. The molecule has 0 radical (unpaired) electrons. The molecule has 0 spiro atoms. The summed E-state index contributed by atoms with van der Waals surface area (Å²) < 4.78 is 10.9. The van der Waals surface area contributed by atoms with Crippen molar-refractivity contribution in [2.75, 3.05) is 7.11 Å². The van der Waals surface area contributed by atoms with Crippen molar-refractivity contribution < 1.29 is 19.4 Å². The van der Waals surface area contributed by atoms with E-state index in [0.717, 1.165) is 12.8 Å². The summed E-state index contributed by atoms with van der Waals surface area (Å²) in [6.45, 7) is 6.83. The lowest BCUT2D eigenvalue weighted by atomic mass is 9.70. The van der Waals surface area contributed by atoms with E-state index in [1.54, 1.807) is 6.07 Å². The smallest absolute Gasteiger partial charge is 0.338 e. The van der Waals surface area contributed by atoms with E-state index in [4.69, 9.17) is 9.47 Å². The number of hydrogen-bond donors (Lipinski definition) is 1. The number of methoxy groups -OCH3 is 1. The van der Waals surface area contributed by atoms with Crippen molar-refractivity contribution in [3.8, 4) is 11.5 Å². The lowest BCUT2D eigenvalue weighted by Crippen LogP contribution is -2.38. The molecule has 2 bridgehead atoms. The van der Waals surface area contributed by atoms with Gasteiger partial charge in [0.15, 0.2) is 11.5 Å². The van der Waals surface area contributed by atoms with Gasteiger partial charge in [0, 0.05) is 5.41 Å². The molecule has 2 saturated carbocycles. The van der Waals surface area contributed by atoms with Gasteiger partial charge >= 0.3 is 5.97 Å². The van der Waals surface area contributed by atoms with Crippen molar-refractivity contribution in [3.63, 3.8) is 0 Å². The molecule has 1 aromatic rings. The predicted octanol–water partition coefficient (Wildman–Crippen LogP) is 3.77. The van der Waals surface area contributed by atoms with Gasteiger partial charge in [-0.05, 0) is 48.8 Å². The van der Waals surface area contributed by atoms with Gasteiger partial charge in [-0.1, -0.05) is 20.8 Å². The first-order valence-electron chi connectivity index (χ1n) is 7.87. The minimum atomic E-state index is -0.340. The molecule has 4 nitrogen and oxygen atoms in total. The van der Waals surface area contributed by atoms with Gasteiger partial charge < -0.3 is 14.6 Å². The van der Waals surface area contributed by atoms with Gasteiger partial charge in [-0.15, -0.1) is 0 Å². The van der Waals surface area contributed by atoms with Crippen LogP contribution in [0.5, 0.6) is 11.5 Å². The molecule has 3 rings (SSSR count). The summed E-state index contributed by atoms with van der Waals surface area (Å²) >= 11 is 0. The highest BCUT2D eigenvalue weighted by atomic mass is 16.5. The van der Waals surface area contributed by atoms with Crippen LogP contribution in [0.4, 0.5) is 0 Å². The van der Waals surface area contributed by atoms with Crippen LogP contribution in [-0.4, -0.2) is 24.3 Å². The second-order valence-corrected chi connectivity index (χ2v) is 7.39. The third-order valence-corrected chi connectivity index (χ3v) is 6.38. The van der Waals surface area contributed by atoms with E-state index < -0.39 is 0 Å². The Morgan fingerprint density at radius 2 is 2.05 bits per heavy atom. The molecule has 0 heterocycles. The molecule has 1 N–H and O–H groups in total. The third-order valence-electron chi connectivity index (χ3n) is 6.38. The fourth-order valence-electron chi connectivity index (χ4n) is 4.31. The second-order valence-electron chi connectivity index (χ2n) is 7.39. The molecule has 0 aromatic heterocycles. The molecular weight excluding hydrogens is 280 g/mol. The average Bonchev–Trinajstić information content (AvgIpc) is 2.81. The second kappa shape index (κ2) is 4.90. The summed E-state index contributed by atoms with van der Waals surface area (Å²) in [4.78, 5) is 12.5. The average molecular weight is 304 g/mol. The molecule has 2 aliphatic rings. The number of rotatable bonds is 3. The Morgan fingerprint density at radius 1 is 1.32 bits per heavy atom. The fourth-order valence-corrected chi connectivity index (χ4v) is 4.31. The van der Waals surface area contributed by atoms with Crippen LogP contribution in [0.2, 0.25) is 0 Å². The lowest BCUT2D eigenvalue weighted by molar-refractivity contribution is -0.0242. The van der Waals surface area contributed by atoms with E-state index in [9.17, 15) is 9.90 Å². The van der Waals surface area contributed by atoms with E-state index in [2.05, 4.69) is 20.8 Å². The molecule has 2 fully saturated rings. The Hall–Kier alpha value is -1.71. The zero-order chi connectivity index (χ0) is 16.1. The highest BCUT2D eigenvalue weighted by Crippen LogP contribution is 2.66. The Bertz CT molecular complexity index is 607. The molecule has 2 unspecified atom stereocenters. The largest absolute Gasteiger partial charge is 0.504 e. The number of phenolic OH excluding ortho intramolecular Hbond substituents is 1. The van der Waals surface area contributed by atoms with Gasteiger partial charge in [-0.2, -0.15) is 0 Å². The maximum atomic E-state index is 12.5. The van der Waals surface area contributed by atoms with Crippen LogP contribution >= 0.6 is 0 Å². The van der Waals surface area contributed by atoms with Crippen LogP contribution in [0.3, 0.4) is 0 Å². The van der Waals surface area contributed by atoms with Crippen molar-refractivity contribution in [1.29, 1.82) is 0 Å². The van der Waals surface area contributed by atoms with Gasteiger partial charge in [-0.25, -0.2) is 4.79 Å². The summed E-state index contributed by atoms with van der Waals surface area (Å²) in [6, 6.07) is 4.56. The number of ether oxygens (including phenoxy) is 2. The number of carbonyl (C=O) groups excluding carboxylic acids is 1. The Balaban J connectivity index is 1.79. The Labute approximate surface area is 131 Å². The first-order chi connectivity index (χ1) is 10.3. The summed E-state index contributed by atoms with van der Waals surface area (Å²) in [6.07, 6.45) is 3.25. The van der Waals surface area contributed by atoms with Crippen molar-refractivity contribution >= 4 is 5.97 Å². The molecular formula is C18H24O4. The molecule has 3 atom stereocenters. The predicted molar refractivity (Wildman–Crippen MR) is 83.1 cm³/mol. The van der Waals surface area contributed by atoms with E-state index in [1.165, 1.54) is 25.7 Å². The topological polar surface area (TPSA) is 55.8 Å². The van der Waals surface area contributed by atoms with Gasteiger partial charge in [0.1, 0.15) is 6.10 Å². The summed E-state index contributed by atoms with van der Waals surface area (Å²) in [5.41, 5.74) is 0.678. The van der Waals surface area contributed by atoms with Crippen molar-refractivity contribution in [1.82, 2.24) is 0 Å². The zero-order valence-electron chi connectivity index (χ0n) is 13.7. The minimum absolute atomic E-state index is 0.0204. The molecule has 2 aliphatic carbocycles. The van der Waals surface area contributed by atoms with Crippen molar-refractivity contribution in [2.24, 2.45) is 16.7 Å². The number of phenols is 1. The minimum Gasteiger partial charge on any atom is -0.504 e. The highest BCUT2D eigenvalue weighted by molar-refractivity contribution is 5.90. The van der Waals surface area contributed by atoms with Crippen molar-refractivity contribution in [3.05, 3.63) is 23.8 Å². The molecule has 0 saturated heterocycles. The summed E-state index contributed by atoms with van der Waals surface area (Å²) in [5.74, 6) is 0.596. The fraction of sp³-hybridized carbons (Fsp3) is 0.611. The molecule has 0 amide bonds. The monoisotopic (exact) mass is 304 g/mol. The van der Waals surface area contributed by atoms with E-state index in [-0.39, 0.29) is 34.4 Å². The van der Waals surface area contributed by atoms with Gasteiger partial charge in [0.2, 0.25) is 0 Å². The molecule has 4 heteroatoms. The number of fused-ring (bicyclic) bond motifs is 2. The first-order valence-corrected chi connectivity index (χ1v) is 7.87. The lowest BCUT2D eigenvalue weighted by Gasteiger charge is -2.38. The molecule has 1 aromatic carbocycles. The standard InChI is InChI=1S/C18H24O4/c1-17(2)12-7-8-18(17,3)15(10-12)22-16(20)11-5-6-13(19)14(9-11)21-4/h5-6,9,12,15,19H,7-8,10H2,1-4H3/t12?,15-,18?/m0/s1. The van der Waals surface area contributed by atoms with E-state index >= 15 is 0 Å². The number of aromatic hydroxyl groups is 1. The summed E-state index contributed by atoms with van der Waals surface area (Å²) in [5, 5.41) is 9.62. The Kier molecular flexibility index (Phi) is 3.38. The highest BCUT2D eigenvalue weighted by Gasteiger charge is 2.62. The molecule has 120 valence electrons. The van der Waals surface area contributed by atoms with Crippen LogP contribution < -0.4 is 4.74 Å². The van der Waals surface area contributed by atoms with Crippen LogP contribution in [0.1, 0.15) is 50.4 Å². The normalized spacial score (nSPS) is 32.0. The van der Waals surface area contributed by atoms with Crippen LogP contribution in [0.25, 0.3) is 0 Å². The maximum absolute atomic E-state index is 12.5. The van der Waals surface area contributed by atoms with Crippen molar-refractivity contribution in [2.45, 2.75) is 46.1 Å². The van der Waals surface area contributed by atoms with Crippen LogP contribution in [0.15, 0.2) is 18.2 Å².